The van der Waals surface area contributed by atoms with Crippen molar-refractivity contribution in [3.63, 3.8) is 0 Å². The summed E-state index contributed by atoms with van der Waals surface area (Å²) in [6.07, 6.45) is 2.05. The zero-order valence-corrected chi connectivity index (χ0v) is 13.1. The summed E-state index contributed by atoms with van der Waals surface area (Å²) < 4.78 is 5.38. The van der Waals surface area contributed by atoms with Gasteiger partial charge >= 0.3 is 0 Å². The molecular weight excluding hydrogens is 250 g/mol. The van der Waals surface area contributed by atoms with E-state index in [2.05, 4.69) is 18.7 Å². The minimum absolute atomic E-state index is 0.482. The molecule has 3 heteroatoms. The van der Waals surface area contributed by atoms with E-state index in [1.54, 1.807) is 7.11 Å². The molecule has 1 aromatic carbocycles. The molecule has 1 unspecified atom stereocenters. The lowest BCUT2D eigenvalue weighted by Gasteiger charge is -2.27. The van der Waals surface area contributed by atoms with Crippen molar-refractivity contribution in [2.24, 2.45) is 5.92 Å². The summed E-state index contributed by atoms with van der Waals surface area (Å²) in [5.41, 5.74) is 2.06. The second kappa shape index (κ2) is 6.59. The van der Waals surface area contributed by atoms with Gasteiger partial charge in [-0.2, -0.15) is 0 Å². The van der Waals surface area contributed by atoms with Gasteiger partial charge in [-0.05, 0) is 37.8 Å². The second-order valence-corrected chi connectivity index (χ2v) is 6.34. The first kappa shape index (κ1) is 15.3. The molecule has 1 atom stereocenters. The largest absolute Gasteiger partial charge is 0.496 e. The van der Waals surface area contributed by atoms with Crippen LogP contribution >= 0.6 is 0 Å². The molecule has 3 nitrogen and oxygen atoms in total. The molecule has 0 spiro atoms. The SMILES string of the molecule is COc1ccc(C)cc1C(O)CN(CC(C)C)C1CC1. The summed E-state index contributed by atoms with van der Waals surface area (Å²) in [6, 6.07) is 6.66. The molecule has 2 rings (SSSR count). The summed E-state index contributed by atoms with van der Waals surface area (Å²) in [4.78, 5) is 2.43. The van der Waals surface area contributed by atoms with Gasteiger partial charge in [0.15, 0.2) is 0 Å². The highest BCUT2D eigenvalue weighted by molar-refractivity contribution is 5.38. The summed E-state index contributed by atoms with van der Waals surface area (Å²) in [5.74, 6) is 1.41. The van der Waals surface area contributed by atoms with Gasteiger partial charge in [-0.3, -0.25) is 4.90 Å². The normalized spacial score (nSPS) is 16.8. The molecule has 0 heterocycles. The Morgan fingerprint density at radius 3 is 2.55 bits per heavy atom. The van der Waals surface area contributed by atoms with E-state index in [1.807, 2.05) is 25.1 Å². The van der Waals surface area contributed by atoms with E-state index in [9.17, 15) is 5.11 Å². The van der Waals surface area contributed by atoms with Gasteiger partial charge in [0.1, 0.15) is 5.75 Å². The summed E-state index contributed by atoms with van der Waals surface area (Å²) in [5, 5.41) is 10.6. The number of hydrogen-bond donors (Lipinski definition) is 1. The summed E-state index contributed by atoms with van der Waals surface area (Å²) in [7, 11) is 1.66. The molecule has 0 aliphatic heterocycles. The van der Waals surface area contributed by atoms with E-state index >= 15 is 0 Å². The molecule has 0 bridgehead atoms. The van der Waals surface area contributed by atoms with Gasteiger partial charge in [0.2, 0.25) is 0 Å². The zero-order valence-electron chi connectivity index (χ0n) is 13.1. The van der Waals surface area contributed by atoms with Crippen LogP contribution in [0.2, 0.25) is 0 Å². The number of ether oxygens (including phenoxy) is 1. The Hall–Kier alpha value is -1.06. The number of aliphatic hydroxyl groups is 1. The quantitative estimate of drug-likeness (QED) is 0.831. The van der Waals surface area contributed by atoms with Gasteiger partial charge in [-0.25, -0.2) is 0 Å². The average Bonchev–Trinajstić information content (AvgIpc) is 3.21. The Kier molecular flexibility index (Phi) is 5.06. The fraction of sp³-hybridized carbons (Fsp3) is 0.647. The summed E-state index contributed by atoms with van der Waals surface area (Å²) in [6.45, 7) is 8.25. The predicted octanol–water partition coefficient (Wildman–Crippen LogP) is 3.16. The van der Waals surface area contributed by atoms with Crippen LogP contribution in [0.15, 0.2) is 18.2 Å². The minimum atomic E-state index is -0.482. The Morgan fingerprint density at radius 1 is 1.30 bits per heavy atom. The number of aryl methyl sites for hydroxylation is 1. The fourth-order valence-electron chi connectivity index (χ4n) is 2.72. The van der Waals surface area contributed by atoms with Crippen LogP contribution in [-0.4, -0.2) is 36.2 Å². The topological polar surface area (TPSA) is 32.7 Å². The molecule has 20 heavy (non-hydrogen) atoms. The van der Waals surface area contributed by atoms with Crippen LogP contribution < -0.4 is 4.74 Å². The van der Waals surface area contributed by atoms with Gasteiger partial charge in [-0.15, -0.1) is 0 Å². The third kappa shape index (κ3) is 3.97. The molecule has 0 amide bonds. The number of nitrogens with zero attached hydrogens (tertiary/aromatic N) is 1. The highest BCUT2D eigenvalue weighted by Crippen LogP contribution is 2.32. The van der Waals surface area contributed by atoms with Gasteiger partial charge in [-0.1, -0.05) is 25.5 Å². The van der Waals surface area contributed by atoms with Crippen molar-refractivity contribution in [1.29, 1.82) is 0 Å². The van der Waals surface area contributed by atoms with Crippen molar-refractivity contribution in [1.82, 2.24) is 4.90 Å². The van der Waals surface area contributed by atoms with Crippen LogP contribution in [0.1, 0.15) is 43.9 Å². The van der Waals surface area contributed by atoms with Crippen molar-refractivity contribution in [2.75, 3.05) is 20.2 Å². The second-order valence-electron chi connectivity index (χ2n) is 6.34. The van der Waals surface area contributed by atoms with E-state index in [4.69, 9.17) is 4.74 Å². The minimum Gasteiger partial charge on any atom is -0.496 e. The average molecular weight is 277 g/mol. The van der Waals surface area contributed by atoms with E-state index in [0.717, 1.165) is 23.4 Å². The van der Waals surface area contributed by atoms with E-state index in [-0.39, 0.29) is 0 Å². The van der Waals surface area contributed by atoms with Crippen LogP contribution in [-0.2, 0) is 0 Å². The first-order chi connectivity index (χ1) is 9.51. The Balaban J connectivity index is 2.09. The Bertz CT molecular complexity index is 441. The number of benzene rings is 1. The van der Waals surface area contributed by atoms with Gasteiger partial charge in [0, 0.05) is 24.7 Å². The van der Waals surface area contributed by atoms with E-state index in [1.165, 1.54) is 12.8 Å². The highest BCUT2D eigenvalue weighted by atomic mass is 16.5. The first-order valence-corrected chi connectivity index (χ1v) is 7.58. The lowest BCUT2D eigenvalue weighted by atomic mass is 10.0. The maximum Gasteiger partial charge on any atom is 0.124 e. The molecule has 1 aliphatic carbocycles. The molecule has 0 saturated heterocycles. The zero-order chi connectivity index (χ0) is 14.7. The van der Waals surface area contributed by atoms with Crippen molar-refractivity contribution >= 4 is 0 Å². The number of methoxy groups -OCH3 is 1. The van der Waals surface area contributed by atoms with Crippen LogP contribution in [0, 0.1) is 12.8 Å². The summed E-state index contributed by atoms with van der Waals surface area (Å²) >= 11 is 0. The van der Waals surface area contributed by atoms with Gasteiger partial charge in [0.05, 0.1) is 13.2 Å². The van der Waals surface area contributed by atoms with Gasteiger partial charge in [0.25, 0.3) is 0 Å². The lowest BCUT2D eigenvalue weighted by Crippen LogP contribution is -2.34. The standard InChI is InChI=1S/C17H27NO2/c1-12(2)10-18(14-6-7-14)11-16(19)15-9-13(3)5-8-17(15)20-4/h5,8-9,12,14,16,19H,6-7,10-11H2,1-4H3. The molecule has 0 aromatic heterocycles. The maximum atomic E-state index is 10.6. The monoisotopic (exact) mass is 277 g/mol. The maximum absolute atomic E-state index is 10.6. The Labute approximate surface area is 122 Å². The van der Waals surface area contributed by atoms with Crippen molar-refractivity contribution in [2.45, 2.75) is 45.8 Å². The molecule has 1 aliphatic rings. The lowest BCUT2D eigenvalue weighted by molar-refractivity contribution is 0.0992. The van der Waals surface area contributed by atoms with Crippen LogP contribution in [0.5, 0.6) is 5.75 Å². The first-order valence-electron chi connectivity index (χ1n) is 7.58. The van der Waals surface area contributed by atoms with Crippen LogP contribution in [0.4, 0.5) is 0 Å². The molecule has 1 N–H and O–H groups in total. The molecule has 1 saturated carbocycles. The molecule has 112 valence electrons. The molecular formula is C17H27NO2. The highest BCUT2D eigenvalue weighted by Gasteiger charge is 2.31. The van der Waals surface area contributed by atoms with E-state index < -0.39 is 6.10 Å². The smallest absolute Gasteiger partial charge is 0.124 e. The van der Waals surface area contributed by atoms with Crippen molar-refractivity contribution in [3.05, 3.63) is 29.3 Å². The number of aliphatic hydroxyl groups excluding tert-OH is 1. The molecule has 1 aromatic rings. The van der Waals surface area contributed by atoms with E-state index in [0.29, 0.717) is 18.5 Å². The molecule has 1 fully saturated rings. The van der Waals surface area contributed by atoms with Crippen LogP contribution in [0.3, 0.4) is 0 Å². The predicted molar refractivity (Wildman–Crippen MR) is 82.1 cm³/mol. The number of hydrogen-bond acceptors (Lipinski definition) is 3. The fourth-order valence-corrected chi connectivity index (χ4v) is 2.72. The third-order valence-corrected chi connectivity index (χ3v) is 3.81. The van der Waals surface area contributed by atoms with Crippen molar-refractivity contribution < 1.29 is 9.84 Å². The third-order valence-electron chi connectivity index (χ3n) is 3.81. The Morgan fingerprint density at radius 2 is 2.00 bits per heavy atom. The molecule has 0 radical (unpaired) electrons. The van der Waals surface area contributed by atoms with Gasteiger partial charge < -0.3 is 9.84 Å². The van der Waals surface area contributed by atoms with Crippen molar-refractivity contribution in [3.8, 4) is 5.75 Å². The van der Waals surface area contributed by atoms with Crippen LogP contribution in [0.25, 0.3) is 0 Å². The number of rotatable bonds is 7.